The molecule has 1 aromatic rings. The van der Waals surface area contributed by atoms with Crippen molar-refractivity contribution in [3.63, 3.8) is 0 Å². The molecule has 2 rings (SSSR count). The third-order valence-electron chi connectivity index (χ3n) is 3.36. The van der Waals surface area contributed by atoms with Gasteiger partial charge in [-0.25, -0.2) is 9.59 Å². The Kier molecular flexibility index (Phi) is 7.16. The smallest absolute Gasteiger partial charge is 0.337 e. The predicted molar refractivity (Wildman–Crippen MR) is 94.0 cm³/mol. The summed E-state index contributed by atoms with van der Waals surface area (Å²) in [4.78, 5) is 47.5. The molecular formula is C16H17ClN2O6S. The zero-order chi connectivity index (χ0) is 19.1. The van der Waals surface area contributed by atoms with Crippen LogP contribution in [-0.2, 0) is 19.1 Å². The van der Waals surface area contributed by atoms with Gasteiger partial charge in [-0.15, -0.1) is 11.3 Å². The third-order valence-corrected chi connectivity index (χ3v) is 4.63. The van der Waals surface area contributed by atoms with Crippen LogP contribution in [-0.4, -0.2) is 43.5 Å². The van der Waals surface area contributed by atoms with Crippen LogP contribution in [0.4, 0.5) is 4.79 Å². The molecule has 26 heavy (non-hydrogen) atoms. The van der Waals surface area contributed by atoms with Crippen molar-refractivity contribution in [2.24, 2.45) is 0 Å². The van der Waals surface area contributed by atoms with E-state index in [9.17, 15) is 19.2 Å². The fourth-order valence-corrected chi connectivity index (χ4v) is 3.11. The van der Waals surface area contributed by atoms with Gasteiger partial charge in [0.05, 0.1) is 40.1 Å². The van der Waals surface area contributed by atoms with E-state index in [-0.39, 0.29) is 49.7 Å². The molecule has 2 N–H and O–H groups in total. The van der Waals surface area contributed by atoms with Crippen LogP contribution >= 0.6 is 22.9 Å². The quantitative estimate of drug-likeness (QED) is 0.510. The summed E-state index contributed by atoms with van der Waals surface area (Å²) in [5.74, 6) is -1.43. The van der Waals surface area contributed by atoms with E-state index < -0.39 is 18.0 Å². The summed E-state index contributed by atoms with van der Waals surface area (Å²) in [5, 5.41) is 4.87. The second-order valence-electron chi connectivity index (χ2n) is 5.17. The van der Waals surface area contributed by atoms with Gasteiger partial charge >= 0.3 is 18.0 Å². The number of ether oxygens (including phenoxy) is 2. The minimum absolute atomic E-state index is 0.0187. The number of hydrogen-bond acceptors (Lipinski definition) is 7. The van der Waals surface area contributed by atoms with Gasteiger partial charge in [-0.3, -0.25) is 9.59 Å². The lowest BCUT2D eigenvalue weighted by atomic mass is 10.1. The van der Waals surface area contributed by atoms with Crippen LogP contribution in [0.1, 0.15) is 29.4 Å². The lowest BCUT2D eigenvalue weighted by molar-refractivity contribution is -0.143. The molecule has 0 unspecified atom stereocenters. The van der Waals surface area contributed by atoms with Gasteiger partial charge in [0.15, 0.2) is 5.78 Å². The number of urea groups is 1. The van der Waals surface area contributed by atoms with Crippen molar-refractivity contribution in [3.05, 3.63) is 32.6 Å². The standard InChI is InChI=1S/C16H17ClN2O6S/c1-2-24-15(22)9-7-18-16(23)19-10(9)8-25-14(21)6-3-11(20)12-4-5-13(17)26-12/h4-5H,2-3,6-8H2,1H3,(H2,18,19,23). The number of Topliss-reactive ketones (excluding diaryl/α,β-unsaturated/α-hetero) is 1. The first kappa shape index (κ1) is 19.9. The van der Waals surface area contributed by atoms with Gasteiger partial charge < -0.3 is 20.1 Å². The molecule has 0 bridgehead atoms. The van der Waals surface area contributed by atoms with Crippen molar-refractivity contribution < 1.29 is 28.7 Å². The normalized spacial score (nSPS) is 13.7. The number of nitrogens with one attached hydrogen (secondary N) is 2. The molecule has 0 saturated carbocycles. The second-order valence-corrected chi connectivity index (χ2v) is 6.89. The predicted octanol–water partition coefficient (Wildman–Crippen LogP) is 2.04. The first-order valence-corrected chi connectivity index (χ1v) is 8.98. The Bertz CT molecular complexity index is 758. The van der Waals surface area contributed by atoms with E-state index in [1.807, 2.05) is 0 Å². The van der Waals surface area contributed by atoms with Gasteiger partial charge in [-0.1, -0.05) is 11.6 Å². The average Bonchev–Trinajstić information content (AvgIpc) is 3.04. The van der Waals surface area contributed by atoms with E-state index in [4.69, 9.17) is 21.1 Å². The Hall–Kier alpha value is -2.39. The fraction of sp³-hybridized carbons (Fsp3) is 0.375. The number of rotatable bonds is 8. The van der Waals surface area contributed by atoms with Crippen molar-refractivity contribution in [1.82, 2.24) is 10.6 Å². The molecule has 1 aliphatic rings. The van der Waals surface area contributed by atoms with E-state index >= 15 is 0 Å². The maximum atomic E-state index is 11.9. The van der Waals surface area contributed by atoms with Gasteiger partial charge in [0, 0.05) is 6.42 Å². The van der Waals surface area contributed by atoms with E-state index in [0.29, 0.717) is 9.21 Å². The van der Waals surface area contributed by atoms with Crippen LogP contribution in [0.25, 0.3) is 0 Å². The summed E-state index contributed by atoms with van der Waals surface area (Å²) in [5.41, 5.74) is 0.348. The Labute approximate surface area is 158 Å². The number of carbonyl (C=O) groups excluding carboxylic acids is 4. The lowest BCUT2D eigenvalue weighted by Gasteiger charge is -2.21. The molecule has 140 valence electrons. The molecule has 8 nitrogen and oxygen atoms in total. The molecule has 0 radical (unpaired) electrons. The third kappa shape index (κ3) is 5.57. The van der Waals surface area contributed by atoms with Crippen LogP contribution in [0, 0.1) is 0 Å². The average molecular weight is 401 g/mol. The monoisotopic (exact) mass is 400 g/mol. The lowest BCUT2D eigenvalue weighted by Crippen LogP contribution is -2.45. The van der Waals surface area contributed by atoms with E-state index in [2.05, 4.69) is 10.6 Å². The summed E-state index contributed by atoms with van der Waals surface area (Å²) in [6, 6.07) is 2.71. The van der Waals surface area contributed by atoms with Gasteiger partial charge in [-0.05, 0) is 19.1 Å². The minimum atomic E-state index is -0.621. The van der Waals surface area contributed by atoms with Crippen LogP contribution in [0.15, 0.2) is 23.4 Å². The first-order chi connectivity index (χ1) is 12.4. The Morgan fingerprint density at radius 3 is 2.65 bits per heavy atom. The van der Waals surface area contributed by atoms with Gasteiger partial charge in [0.25, 0.3) is 0 Å². The first-order valence-electron chi connectivity index (χ1n) is 7.78. The van der Waals surface area contributed by atoms with Crippen molar-refractivity contribution in [3.8, 4) is 0 Å². The molecule has 1 aliphatic heterocycles. The highest BCUT2D eigenvalue weighted by Gasteiger charge is 2.24. The van der Waals surface area contributed by atoms with Crippen molar-refractivity contribution in [2.75, 3.05) is 19.8 Å². The summed E-state index contributed by atoms with van der Waals surface area (Å²) < 4.78 is 10.5. The zero-order valence-electron chi connectivity index (χ0n) is 13.9. The van der Waals surface area contributed by atoms with E-state index in [1.165, 1.54) is 0 Å². The summed E-state index contributed by atoms with van der Waals surface area (Å²) in [6.07, 6.45) is -0.143. The number of esters is 2. The highest BCUT2D eigenvalue weighted by Crippen LogP contribution is 2.23. The maximum Gasteiger partial charge on any atom is 0.337 e. The van der Waals surface area contributed by atoms with E-state index in [0.717, 1.165) is 11.3 Å². The number of halogens is 1. The molecule has 0 aliphatic carbocycles. The molecule has 2 heterocycles. The van der Waals surface area contributed by atoms with Crippen molar-refractivity contribution >= 4 is 46.7 Å². The van der Waals surface area contributed by atoms with Crippen molar-refractivity contribution in [2.45, 2.75) is 19.8 Å². The molecule has 0 fully saturated rings. The highest BCUT2D eigenvalue weighted by atomic mass is 35.5. The van der Waals surface area contributed by atoms with Crippen LogP contribution in [0.5, 0.6) is 0 Å². The van der Waals surface area contributed by atoms with Crippen LogP contribution in [0.2, 0.25) is 4.34 Å². The number of thiophene rings is 1. The maximum absolute atomic E-state index is 11.9. The molecule has 1 aromatic heterocycles. The number of amides is 2. The second kappa shape index (κ2) is 9.35. The fourth-order valence-electron chi connectivity index (χ4n) is 2.10. The van der Waals surface area contributed by atoms with Gasteiger partial charge in [0.1, 0.15) is 6.61 Å². The summed E-state index contributed by atoms with van der Waals surface area (Å²) in [6.45, 7) is 1.53. The largest absolute Gasteiger partial charge is 0.463 e. The number of ketones is 1. The molecule has 0 aromatic carbocycles. The highest BCUT2D eigenvalue weighted by molar-refractivity contribution is 7.18. The summed E-state index contributed by atoms with van der Waals surface area (Å²) in [7, 11) is 0. The number of hydrogen-bond donors (Lipinski definition) is 2. The molecule has 0 atom stereocenters. The number of carbonyl (C=O) groups is 4. The Balaban J connectivity index is 1.88. The molecule has 0 saturated heterocycles. The van der Waals surface area contributed by atoms with Gasteiger partial charge in [-0.2, -0.15) is 0 Å². The van der Waals surface area contributed by atoms with E-state index in [1.54, 1.807) is 19.1 Å². The summed E-state index contributed by atoms with van der Waals surface area (Å²) >= 11 is 6.91. The van der Waals surface area contributed by atoms with Gasteiger partial charge in [0.2, 0.25) is 0 Å². The Morgan fingerprint density at radius 1 is 1.23 bits per heavy atom. The van der Waals surface area contributed by atoms with Crippen LogP contribution in [0.3, 0.4) is 0 Å². The van der Waals surface area contributed by atoms with Crippen molar-refractivity contribution in [1.29, 1.82) is 0 Å². The van der Waals surface area contributed by atoms with Crippen LogP contribution < -0.4 is 10.6 Å². The molecular weight excluding hydrogens is 384 g/mol. The topological polar surface area (TPSA) is 111 Å². The molecule has 0 spiro atoms. The Morgan fingerprint density at radius 2 is 2.00 bits per heavy atom. The zero-order valence-corrected chi connectivity index (χ0v) is 15.5. The molecule has 2 amide bonds. The SMILES string of the molecule is CCOC(=O)C1=C(COC(=O)CCC(=O)c2ccc(Cl)s2)NC(=O)NC1. The molecule has 10 heteroatoms. The minimum Gasteiger partial charge on any atom is -0.463 e.